The molecule has 0 bridgehead atoms. The van der Waals surface area contributed by atoms with Crippen LogP contribution in [0, 0.1) is 0 Å². The molecule has 2 atom stereocenters. The summed E-state index contributed by atoms with van der Waals surface area (Å²) in [7, 11) is 0. The van der Waals surface area contributed by atoms with Crippen LogP contribution in [0.25, 0.3) is 11.0 Å². The Hall–Kier alpha value is -1.51. The van der Waals surface area contributed by atoms with Crippen LogP contribution in [-0.4, -0.2) is 9.55 Å². The second-order valence-electron chi connectivity index (χ2n) is 5.18. The maximum absolute atomic E-state index is 6.33. The number of imidazole rings is 1. The zero-order chi connectivity index (χ0) is 15.0. The van der Waals surface area contributed by atoms with Gasteiger partial charge < -0.3 is 4.57 Å². The number of aromatic nitrogens is 2. The van der Waals surface area contributed by atoms with Gasteiger partial charge in [0, 0.05) is 5.02 Å². The predicted molar refractivity (Wildman–Crippen MR) is 89.3 cm³/mol. The number of hydrogen-bond donors (Lipinski definition) is 0. The first-order valence-corrected chi connectivity index (χ1v) is 7.75. The van der Waals surface area contributed by atoms with Crippen molar-refractivity contribution in [3.05, 3.63) is 64.9 Å². The van der Waals surface area contributed by atoms with Crippen molar-refractivity contribution in [1.29, 1.82) is 0 Å². The molecular weight excluding hydrogens is 303 g/mol. The van der Waals surface area contributed by atoms with E-state index in [1.54, 1.807) is 0 Å². The van der Waals surface area contributed by atoms with Crippen LogP contribution in [0.15, 0.2) is 48.5 Å². The zero-order valence-corrected chi connectivity index (χ0v) is 13.4. The third-order valence-corrected chi connectivity index (χ3v) is 4.13. The quantitative estimate of drug-likeness (QED) is 0.575. The summed E-state index contributed by atoms with van der Waals surface area (Å²) in [6, 6.07) is 16.3. The highest BCUT2D eigenvalue weighted by Crippen LogP contribution is 2.31. The first-order valence-electron chi connectivity index (χ1n) is 6.94. The van der Waals surface area contributed by atoms with Crippen molar-refractivity contribution < 1.29 is 0 Å². The van der Waals surface area contributed by atoms with E-state index in [0.29, 0.717) is 5.02 Å². The minimum Gasteiger partial charge on any atom is -0.319 e. The number of hydrogen-bond acceptors (Lipinski definition) is 1. The number of rotatable bonds is 3. The number of fused-ring (bicyclic) bond motifs is 1. The summed E-state index contributed by atoms with van der Waals surface area (Å²) in [5, 5.41) is 0.524. The van der Waals surface area contributed by atoms with Crippen molar-refractivity contribution in [2.24, 2.45) is 0 Å². The molecule has 3 rings (SSSR count). The summed E-state index contributed by atoms with van der Waals surface area (Å²) in [5.74, 6) is 0.866. The van der Waals surface area contributed by atoms with Crippen molar-refractivity contribution in [3.8, 4) is 0 Å². The van der Waals surface area contributed by atoms with Gasteiger partial charge in [-0.1, -0.05) is 41.9 Å². The fourth-order valence-electron chi connectivity index (χ4n) is 2.66. The lowest BCUT2D eigenvalue weighted by Crippen LogP contribution is -2.11. The van der Waals surface area contributed by atoms with Crippen LogP contribution in [0.5, 0.6) is 0 Å². The second-order valence-corrected chi connectivity index (χ2v) is 6.27. The standard InChI is InChI=1S/C17H16Cl2N2/c1-11(18)17-20-15-10-14(19)8-9-16(15)21(17)12(2)13-6-4-3-5-7-13/h3-12H,1-2H3. The monoisotopic (exact) mass is 318 g/mol. The van der Waals surface area contributed by atoms with Crippen molar-refractivity contribution in [3.63, 3.8) is 0 Å². The summed E-state index contributed by atoms with van der Waals surface area (Å²) >= 11 is 12.4. The Balaban J connectivity index is 2.22. The summed E-state index contributed by atoms with van der Waals surface area (Å²) in [4.78, 5) is 4.67. The van der Waals surface area contributed by atoms with Gasteiger partial charge in [-0.15, -0.1) is 11.6 Å². The molecule has 0 radical (unpaired) electrons. The minimum atomic E-state index is -0.165. The van der Waals surface area contributed by atoms with Gasteiger partial charge in [0.1, 0.15) is 5.82 Å². The third kappa shape index (κ3) is 2.66. The molecule has 0 fully saturated rings. The SMILES string of the molecule is CC(Cl)c1nc2cc(Cl)ccc2n1C(C)c1ccccc1. The van der Waals surface area contributed by atoms with E-state index in [-0.39, 0.29) is 11.4 Å². The van der Waals surface area contributed by atoms with Crippen LogP contribution < -0.4 is 0 Å². The molecule has 0 aliphatic carbocycles. The Bertz CT molecular complexity index is 763. The largest absolute Gasteiger partial charge is 0.319 e. The third-order valence-electron chi connectivity index (χ3n) is 3.70. The molecule has 2 unspecified atom stereocenters. The molecule has 1 aromatic heterocycles. The van der Waals surface area contributed by atoms with Gasteiger partial charge in [-0.25, -0.2) is 4.98 Å². The lowest BCUT2D eigenvalue weighted by atomic mass is 10.1. The molecule has 2 nitrogen and oxygen atoms in total. The molecule has 4 heteroatoms. The lowest BCUT2D eigenvalue weighted by Gasteiger charge is -2.19. The Kier molecular flexibility index (Phi) is 3.92. The van der Waals surface area contributed by atoms with E-state index in [2.05, 4.69) is 28.6 Å². The van der Waals surface area contributed by atoms with Gasteiger partial charge in [0.15, 0.2) is 0 Å². The molecule has 0 saturated carbocycles. The van der Waals surface area contributed by atoms with E-state index < -0.39 is 0 Å². The summed E-state index contributed by atoms with van der Waals surface area (Å²) in [6.07, 6.45) is 0. The van der Waals surface area contributed by atoms with E-state index in [4.69, 9.17) is 23.2 Å². The highest BCUT2D eigenvalue weighted by atomic mass is 35.5. The molecule has 0 saturated heterocycles. The first-order chi connectivity index (χ1) is 10.1. The number of nitrogens with zero attached hydrogens (tertiary/aromatic N) is 2. The van der Waals surface area contributed by atoms with Gasteiger partial charge in [-0.3, -0.25) is 0 Å². The Labute approximate surface area is 134 Å². The van der Waals surface area contributed by atoms with Crippen LogP contribution in [-0.2, 0) is 0 Å². The van der Waals surface area contributed by atoms with Gasteiger partial charge in [0.2, 0.25) is 0 Å². The molecule has 0 amide bonds. The van der Waals surface area contributed by atoms with Crippen molar-refractivity contribution >= 4 is 34.2 Å². The summed E-state index contributed by atoms with van der Waals surface area (Å²) in [6.45, 7) is 4.10. The summed E-state index contributed by atoms with van der Waals surface area (Å²) < 4.78 is 2.19. The highest BCUT2D eigenvalue weighted by molar-refractivity contribution is 6.31. The second kappa shape index (κ2) is 5.70. The predicted octanol–water partition coefficient (Wildman–Crippen LogP) is 5.60. The lowest BCUT2D eigenvalue weighted by molar-refractivity contribution is 0.618. The molecule has 1 heterocycles. The molecule has 0 aliphatic heterocycles. The van der Waals surface area contributed by atoms with E-state index >= 15 is 0 Å². The Morgan fingerprint density at radius 3 is 2.43 bits per heavy atom. The fourth-order valence-corrected chi connectivity index (χ4v) is 2.98. The van der Waals surface area contributed by atoms with Crippen LogP contribution in [0.1, 0.15) is 36.7 Å². The molecule has 0 aliphatic rings. The van der Waals surface area contributed by atoms with Gasteiger partial charge in [-0.05, 0) is 37.6 Å². The van der Waals surface area contributed by atoms with Gasteiger partial charge in [0.05, 0.1) is 22.5 Å². The first kappa shape index (κ1) is 14.4. The molecule has 2 aromatic carbocycles. The van der Waals surface area contributed by atoms with Crippen LogP contribution in [0.3, 0.4) is 0 Å². The molecular formula is C17H16Cl2N2. The van der Waals surface area contributed by atoms with Gasteiger partial charge in [-0.2, -0.15) is 0 Å². The Morgan fingerprint density at radius 1 is 1.05 bits per heavy atom. The Morgan fingerprint density at radius 2 is 1.76 bits per heavy atom. The maximum Gasteiger partial charge on any atom is 0.128 e. The summed E-state index contributed by atoms with van der Waals surface area (Å²) in [5.41, 5.74) is 3.16. The van der Waals surface area contributed by atoms with E-state index in [1.165, 1.54) is 5.56 Å². The average Bonchev–Trinajstić information content (AvgIpc) is 2.86. The topological polar surface area (TPSA) is 17.8 Å². The molecule has 108 valence electrons. The van der Waals surface area contributed by atoms with Crippen LogP contribution >= 0.6 is 23.2 Å². The van der Waals surface area contributed by atoms with E-state index in [9.17, 15) is 0 Å². The smallest absolute Gasteiger partial charge is 0.128 e. The average molecular weight is 319 g/mol. The van der Waals surface area contributed by atoms with Gasteiger partial charge in [0.25, 0.3) is 0 Å². The van der Waals surface area contributed by atoms with Gasteiger partial charge >= 0.3 is 0 Å². The molecule has 3 aromatic rings. The molecule has 21 heavy (non-hydrogen) atoms. The molecule has 0 spiro atoms. The maximum atomic E-state index is 6.33. The highest BCUT2D eigenvalue weighted by Gasteiger charge is 2.20. The van der Waals surface area contributed by atoms with E-state index in [1.807, 2.05) is 43.3 Å². The minimum absolute atomic E-state index is 0.161. The van der Waals surface area contributed by atoms with Crippen molar-refractivity contribution in [1.82, 2.24) is 9.55 Å². The van der Waals surface area contributed by atoms with Crippen LogP contribution in [0.2, 0.25) is 5.02 Å². The number of halogens is 2. The zero-order valence-electron chi connectivity index (χ0n) is 11.9. The van der Waals surface area contributed by atoms with Crippen LogP contribution in [0.4, 0.5) is 0 Å². The number of benzene rings is 2. The molecule has 0 N–H and O–H groups in total. The van der Waals surface area contributed by atoms with Crippen molar-refractivity contribution in [2.75, 3.05) is 0 Å². The number of alkyl halides is 1. The van der Waals surface area contributed by atoms with E-state index in [0.717, 1.165) is 16.9 Å². The normalized spacial score (nSPS) is 14.3. The van der Waals surface area contributed by atoms with Crippen molar-refractivity contribution in [2.45, 2.75) is 25.3 Å². The fraction of sp³-hybridized carbons (Fsp3) is 0.235.